The molecule has 0 spiro atoms. The van der Waals surface area contributed by atoms with Crippen LogP contribution in [-0.2, 0) is 9.59 Å². The van der Waals surface area contributed by atoms with E-state index in [-0.39, 0.29) is 6.04 Å². The highest BCUT2D eigenvalue weighted by molar-refractivity contribution is 6.35. The average molecular weight is 262 g/mol. The first-order valence-corrected chi connectivity index (χ1v) is 6.78. The van der Waals surface area contributed by atoms with Gasteiger partial charge in [-0.1, -0.05) is 50.1 Å². The summed E-state index contributed by atoms with van der Waals surface area (Å²) in [5.74, 6) is -1.13. The quantitative estimate of drug-likeness (QED) is 0.610. The molecule has 1 rings (SSSR count). The Kier molecular flexibility index (Phi) is 6.64. The van der Waals surface area contributed by atoms with Crippen molar-refractivity contribution in [1.29, 1.82) is 0 Å². The molecule has 19 heavy (non-hydrogen) atoms. The van der Waals surface area contributed by atoms with Crippen molar-refractivity contribution >= 4 is 11.8 Å². The standard InChI is InChI=1S/C15H22N2O2/c1-3-4-8-11-16-14(18)15(19)17-12(2)13-9-6-5-7-10-13/h5-7,9-10,12H,3-4,8,11H2,1-2H3,(H,16,18)(H,17,19). The summed E-state index contributed by atoms with van der Waals surface area (Å²) in [5.41, 5.74) is 0.981. The largest absolute Gasteiger partial charge is 0.348 e. The van der Waals surface area contributed by atoms with Gasteiger partial charge in [-0.25, -0.2) is 0 Å². The number of carbonyl (C=O) groups excluding carboxylic acids is 2. The van der Waals surface area contributed by atoms with E-state index >= 15 is 0 Å². The van der Waals surface area contributed by atoms with Gasteiger partial charge >= 0.3 is 11.8 Å². The lowest BCUT2D eigenvalue weighted by atomic mass is 10.1. The fraction of sp³-hybridized carbons (Fsp3) is 0.467. The van der Waals surface area contributed by atoms with E-state index in [2.05, 4.69) is 17.6 Å². The molecule has 0 aliphatic rings. The first kappa shape index (κ1) is 15.2. The smallest absolute Gasteiger partial charge is 0.309 e. The van der Waals surface area contributed by atoms with Gasteiger partial charge in [0.05, 0.1) is 6.04 Å². The number of amides is 2. The van der Waals surface area contributed by atoms with Gasteiger partial charge in [0.2, 0.25) is 0 Å². The molecule has 0 fully saturated rings. The van der Waals surface area contributed by atoms with E-state index in [0.717, 1.165) is 24.8 Å². The molecule has 1 atom stereocenters. The summed E-state index contributed by atoms with van der Waals surface area (Å²) in [5, 5.41) is 5.31. The molecular weight excluding hydrogens is 240 g/mol. The maximum Gasteiger partial charge on any atom is 0.309 e. The van der Waals surface area contributed by atoms with Crippen LogP contribution in [0.15, 0.2) is 30.3 Å². The van der Waals surface area contributed by atoms with E-state index in [1.54, 1.807) is 0 Å². The molecule has 0 saturated carbocycles. The summed E-state index contributed by atoms with van der Waals surface area (Å²) < 4.78 is 0. The van der Waals surface area contributed by atoms with Crippen LogP contribution in [0.5, 0.6) is 0 Å². The van der Waals surface area contributed by atoms with Gasteiger partial charge in [-0.15, -0.1) is 0 Å². The summed E-state index contributed by atoms with van der Waals surface area (Å²) in [6.45, 7) is 4.51. The van der Waals surface area contributed by atoms with Crippen molar-refractivity contribution in [2.45, 2.75) is 39.2 Å². The van der Waals surface area contributed by atoms with Crippen LogP contribution < -0.4 is 10.6 Å². The zero-order valence-corrected chi connectivity index (χ0v) is 11.6. The first-order chi connectivity index (χ1) is 9.15. The van der Waals surface area contributed by atoms with Crippen molar-refractivity contribution < 1.29 is 9.59 Å². The predicted octanol–water partition coefficient (Wildman–Crippen LogP) is 2.17. The average Bonchev–Trinajstić information content (AvgIpc) is 2.44. The summed E-state index contributed by atoms with van der Waals surface area (Å²) >= 11 is 0. The van der Waals surface area contributed by atoms with E-state index in [1.165, 1.54) is 0 Å². The summed E-state index contributed by atoms with van der Waals surface area (Å²) in [4.78, 5) is 23.2. The molecular formula is C15H22N2O2. The van der Waals surface area contributed by atoms with Crippen LogP contribution in [0, 0.1) is 0 Å². The molecule has 0 aromatic heterocycles. The minimum absolute atomic E-state index is 0.171. The van der Waals surface area contributed by atoms with Crippen molar-refractivity contribution in [3.8, 4) is 0 Å². The highest BCUT2D eigenvalue weighted by atomic mass is 16.2. The maximum absolute atomic E-state index is 11.7. The molecule has 0 radical (unpaired) electrons. The molecule has 2 N–H and O–H groups in total. The van der Waals surface area contributed by atoms with Crippen molar-refractivity contribution in [2.24, 2.45) is 0 Å². The Hall–Kier alpha value is -1.84. The number of benzene rings is 1. The fourth-order valence-corrected chi connectivity index (χ4v) is 1.74. The fourth-order valence-electron chi connectivity index (χ4n) is 1.74. The number of nitrogens with one attached hydrogen (secondary N) is 2. The second-order valence-electron chi connectivity index (χ2n) is 4.57. The Morgan fingerprint density at radius 1 is 1.11 bits per heavy atom. The SMILES string of the molecule is CCCCCNC(=O)C(=O)NC(C)c1ccccc1. The second-order valence-corrected chi connectivity index (χ2v) is 4.57. The second kappa shape index (κ2) is 8.29. The summed E-state index contributed by atoms with van der Waals surface area (Å²) in [7, 11) is 0. The molecule has 1 unspecified atom stereocenters. The predicted molar refractivity (Wildman–Crippen MR) is 75.5 cm³/mol. The van der Waals surface area contributed by atoms with Crippen LogP contribution in [0.25, 0.3) is 0 Å². The first-order valence-electron chi connectivity index (χ1n) is 6.78. The van der Waals surface area contributed by atoms with Gasteiger partial charge < -0.3 is 10.6 Å². The normalized spacial score (nSPS) is 11.7. The van der Waals surface area contributed by atoms with Crippen LogP contribution >= 0.6 is 0 Å². The van der Waals surface area contributed by atoms with Crippen molar-refractivity contribution in [1.82, 2.24) is 10.6 Å². The van der Waals surface area contributed by atoms with E-state index in [4.69, 9.17) is 0 Å². The molecule has 1 aromatic carbocycles. The lowest BCUT2D eigenvalue weighted by Crippen LogP contribution is -2.41. The van der Waals surface area contributed by atoms with Gasteiger partial charge in [0.25, 0.3) is 0 Å². The monoisotopic (exact) mass is 262 g/mol. The molecule has 0 heterocycles. The number of rotatable bonds is 6. The van der Waals surface area contributed by atoms with E-state index < -0.39 is 11.8 Å². The van der Waals surface area contributed by atoms with Crippen molar-refractivity contribution in [3.05, 3.63) is 35.9 Å². The van der Waals surface area contributed by atoms with Crippen LogP contribution in [0.1, 0.15) is 44.7 Å². The molecule has 0 aliphatic carbocycles. The van der Waals surface area contributed by atoms with Crippen LogP contribution in [0.4, 0.5) is 0 Å². The topological polar surface area (TPSA) is 58.2 Å². The van der Waals surface area contributed by atoms with Crippen LogP contribution in [0.3, 0.4) is 0 Å². The number of hydrogen-bond donors (Lipinski definition) is 2. The van der Waals surface area contributed by atoms with E-state index in [9.17, 15) is 9.59 Å². The Labute approximate surface area is 114 Å². The third-order valence-corrected chi connectivity index (χ3v) is 2.92. The van der Waals surface area contributed by atoms with Gasteiger partial charge in [-0.2, -0.15) is 0 Å². The Morgan fingerprint density at radius 2 is 1.79 bits per heavy atom. The zero-order chi connectivity index (χ0) is 14.1. The molecule has 0 aliphatic heterocycles. The number of hydrogen-bond acceptors (Lipinski definition) is 2. The molecule has 104 valence electrons. The van der Waals surface area contributed by atoms with E-state index in [1.807, 2.05) is 37.3 Å². The minimum atomic E-state index is -0.576. The summed E-state index contributed by atoms with van der Waals surface area (Å²) in [6.07, 6.45) is 3.05. The molecule has 1 aromatic rings. The highest BCUT2D eigenvalue weighted by Gasteiger charge is 2.15. The van der Waals surface area contributed by atoms with Crippen molar-refractivity contribution in [2.75, 3.05) is 6.54 Å². The van der Waals surface area contributed by atoms with Gasteiger partial charge in [0.1, 0.15) is 0 Å². The van der Waals surface area contributed by atoms with E-state index in [0.29, 0.717) is 6.54 Å². The highest BCUT2D eigenvalue weighted by Crippen LogP contribution is 2.10. The number of carbonyl (C=O) groups is 2. The molecule has 0 bridgehead atoms. The minimum Gasteiger partial charge on any atom is -0.348 e. The Balaban J connectivity index is 2.35. The zero-order valence-electron chi connectivity index (χ0n) is 11.6. The summed E-state index contributed by atoms with van der Waals surface area (Å²) in [6, 6.07) is 9.40. The Bertz CT molecular complexity index is 404. The number of unbranched alkanes of at least 4 members (excludes halogenated alkanes) is 2. The lowest BCUT2D eigenvalue weighted by molar-refractivity contribution is -0.139. The molecule has 4 nitrogen and oxygen atoms in total. The van der Waals surface area contributed by atoms with Gasteiger partial charge in [0, 0.05) is 6.54 Å². The third-order valence-electron chi connectivity index (χ3n) is 2.92. The van der Waals surface area contributed by atoms with Gasteiger partial charge in [-0.05, 0) is 18.9 Å². The lowest BCUT2D eigenvalue weighted by Gasteiger charge is -2.13. The van der Waals surface area contributed by atoms with Crippen LogP contribution in [0.2, 0.25) is 0 Å². The maximum atomic E-state index is 11.7. The molecule has 2 amide bonds. The van der Waals surface area contributed by atoms with Crippen LogP contribution in [-0.4, -0.2) is 18.4 Å². The van der Waals surface area contributed by atoms with Gasteiger partial charge in [-0.3, -0.25) is 9.59 Å². The molecule has 4 heteroatoms. The Morgan fingerprint density at radius 3 is 2.42 bits per heavy atom. The van der Waals surface area contributed by atoms with Crippen molar-refractivity contribution in [3.63, 3.8) is 0 Å². The third kappa shape index (κ3) is 5.55. The van der Waals surface area contributed by atoms with Gasteiger partial charge in [0.15, 0.2) is 0 Å². The molecule has 0 saturated heterocycles.